The lowest BCUT2D eigenvalue weighted by atomic mass is 10.0. The van der Waals surface area contributed by atoms with E-state index in [4.69, 9.17) is 16.2 Å². The van der Waals surface area contributed by atoms with Crippen LogP contribution in [0.2, 0.25) is 0 Å². The molecule has 0 fully saturated rings. The Bertz CT molecular complexity index is 193. The summed E-state index contributed by atoms with van der Waals surface area (Å²) in [5.41, 5.74) is 11.2. The van der Waals surface area contributed by atoms with Gasteiger partial charge in [-0.2, -0.15) is 0 Å². The number of hydrogen-bond acceptors (Lipinski definition) is 3. The monoisotopic (exact) mass is 272 g/mol. The third-order valence-electron chi connectivity index (χ3n) is 3.66. The molecule has 0 aromatic carbocycles. The molecule has 0 radical (unpaired) electrons. The summed E-state index contributed by atoms with van der Waals surface area (Å²) in [6.45, 7) is 8.30. The summed E-state index contributed by atoms with van der Waals surface area (Å²) in [5, 5.41) is 0. The largest absolute Gasteiger partial charge is 0.381 e. The lowest BCUT2D eigenvalue weighted by molar-refractivity contribution is 0.120. The Morgan fingerprint density at radius 1 is 0.895 bits per heavy atom. The van der Waals surface area contributed by atoms with Crippen molar-refractivity contribution in [2.75, 3.05) is 13.2 Å². The zero-order valence-corrected chi connectivity index (χ0v) is 13.4. The highest BCUT2D eigenvalue weighted by molar-refractivity contribution is 4.73. The predicted octanol–water partition coefficient (Wildman–Crippen LogP) is 3.80. The molecule has 0 aromatic heterocycles. The highest BCUT2D eigenvalue weighted by atomic mass is 16.5. The first-order chi connectivity index (χ1) is 8.98. The fourth-order valence-electron chi connectivity index (χ4n) is 2.07. The molecule has 116 valence electrons. The van der Waals surface area contributed by atoms with Crippen molar-refractivity contribution in [2.24, 2.45) is 17.4 Å². The number of unbranched alkanes of at least 4 members (excludes halogenated alkanes) is 4. The van der Waals surface area contributed by atoms with Crippen molar-refractivity contribution in [3.05, 3.63) is 0 Å². The van der Waals surface area contributed by atoms with E-state index in [1.165, 1.54) is 38.5 Å². The van der Waals surface area contributed by atoms with Crippen molar-refractivity contribution in [3.63, 3.8) is 0 Å². The van der Waals surface area contributed by atoms with Crippen LogP contribution in [0.3, 0.4) is 0 Å². The molecule has 0 amide bonds. The summed E-state index contributed by atoms with van der Waals surface area (Å²) in [6.07, 6.45) is 10.6. The van der Waals surface area contributed by atoms with E-state index in [-0.39, 0.29) is 0 Å². The molecule has 0 aliphatic heterocycles. The Hall–Kier alpha value is -0.120. The van der Waals surface area contributed by atoms with E-state index >= 15 is 0 Å². The smallest absolute Gasteiger partial charge is 0.0634 e. The second-order valence-electron chi connectivity index (χ2n) is 6.25. The van der Waals surface area contributed by atoms with Gasteiger partial charge in [0.2, 0.25) is 0 Å². The maximum absolute atomic E-state index is 5.87. The van der Waals surface area contributed by atoms with Crippen LogP contribution in [0.1, 0.15) is 78.6 Å². The van der Waals surface area contributed by atoms with Crippen molar-refractivity contribution in [1.82, 2.24) is 0 Å². The Kier molecular flexibility index (Phi) is 11.6. The molecule has 0 unspecified atom stereocenters. The van der Waals surface area contributed by atoms with Gasteiger partial charge < -0.3 is 16.2 Å². The number of nitrogens with two attached hydrogens (primary N) is 2. The van der Waals surface area contributed by atoms with Crippen molar-refractivity contribution < 1.29 is 4.74 Å². The van der Waals surface area contributed by atoms with Crippen LogP contribution in [0.5, 0.6) is 0 Å². The van der Waals surface area contributed by atoms with Crippen LogP contribution >= 0.6 is 0 Å². The van der Waals surface area contributed by atoms with Crippen LogP contribution in [0.15, 0.2) is 0 Å². The maximum Gasteiger partial charge on any atom is 0.0634 e. The molecule has 0 aromatic rings. The molecule has 0 spiro atoms. The molecule has 0 saturated heterocycles. The maximum atomic E-state index is 5.87. The van der Waals surface area contributed by atoms with Crippen LogP contribution in [-0.2, 0) is 4.74 Å². The second kappa shape index (κ2) is 11.7. The molecule has 3 nitrogen and oxygen atoms in total. The molecule has 4 N–H and O–H groups in total. The van der Waals surface area contributed by atoms with E-state index in [9.17, 15) is 0 Å². The van der Waals surface area contributed by atoms with Crippen LogP contribution in [0.25, 0.3) is 0 Å². The van der Waals surface area contributed by atoms with E-state index in [0.29, 0.717) is 0 Å². The summed E-state index contributed by atoms with van der Waals surface area (Å²) in [6, 6.07) is 0. The molecular formula is C16H36N2O. The SMILES string of the molecule is CCC(N)(N)CCCOCCCCCCCC(C)C. The van der Waals surface area contributed by atoms with Crippen molar-refractivity contribution in [1.29, 1.82) is 0 Å². The highest BCUT2D eigenvalue weighted by Crippen LogP contribution is 2.11. The minimum atomic E-state index is -0.500. The minimum absolute atomic E-state index is 0.500. The summed E-state index contributed by atoms with van der Waals surface area (Å²) in [7, 11) is 0. The predicted molar refractivity (Wildman–Crippen MR) is 84.0 cm³/mol. The number of ether oxygens (including phenoxy) is 1. The van der Waals surface area contributed by atoms with Crippen molar-refractivity contribution in [3.8, 4) is 0 Å². The first-order valence-electron chi connectivity index (χ1n) is 8.13. The average molecular weight is 272 g/mol. The average Bonchev–Trinajstić information content (AvgIpc) is 2.35. The standard InChI is InChI=1S/C16H36N2O/c1-4-16(17,18)12-10-14-19-13-9-7-5-6-8-11-15(2)3/h15H,4-14,17-18H2,1-3H3. The molecule has 0 heterocycles. The van der Waals surface area contributed by atoms with Crippen molar-refractivity contribution in [2.45, 2.75) is 84.2 Å². The third-order valence-corrected chi connectivity index (χ3v) is 3.66. The topological polar surface area (TPSA) is 61.3 Å². The Morgan fingerprint density at radius 2 is 1.47 bits per heavy atom. The first kappa shape index (κ1) is 18.9. The van der Waals surface area contributed by atoms with Crippen LogP contribution in [0.4, 0.5) is 0 Å². The summed E-state index contributed by atoms with van der Waals surface area (Å²) < 4.78 is 5.61. The van der Waals surface area contributed by atoms with Crippen LogP contribution in [0, 0.1) is 5.92 Å². The molecule has 0 aliphatic carbocycles. The summed E-state index contributed by atoms with van der Waals surface area (Å²) >= 11 is 0. The third kappa shape index (κ3) is 14.1. The lowest BCUT2D eigenvalue weighted by Crippen LogP contribution is -2.48. The van der Waals surface area contributed by atoms with Gasteiger partial charge in [-0.1, -0.05) is 52.9 Å². The minimum Gasteiger partial charge on any atom is -0.381 e. The van der Waals surface area contributed by atoms with E-state index < -0.39 is 5.66 Å². The fraction of sp³-hybridized carbons (Fsp3) is 1.00. The van der Waals surface area contributed by atoms with Gasteiger partial charge in [0, 0.05) is 13.2 Å². The van der Waals surface area contributed by atoms with E-state index in [0.717, 1.165) is 38.4 Å². The van der Waals surface area contributed by atoms with Gasteiger partial charge in [0.25, 0.3) is 0 Å². The second-order valence-corrected chi connectivity index (χ2v) is 6.25. The summed E-state index contributed by atoms with van der Waals surface area (Å²) in [5.74, 6) is 0.851. The van der Waals surface area contributed by atoms with Gasteiger partial charge in [-0.3, -0.25) is 0 Å². The van der Waals surface area contributed by atoms with Gasteiger partial charge in [-0.25, -0.2) is 0 Å². The van der Waals surface area contributed by atoms with Gasteiger partial charge in [0.15, 0.2) is 0 Å². The fourth-order valence-corrected chi connectivity index (χ4v) is 2.07. The van der Waals surface area contributed by atoms with Gasteiger partial charge in [-0.15, -0.1) is 0 Å². The van der Waals surface area contributed by atoms with E-state index in [2.05, 4.69) is 13.8 Å². The quantitative estimate of drug-likeness (QED) is 0.396. The van der Waals surface area contributed by atoms with Gasteiger partial charge >= 0.3 is 0 Å². The first-order valence-corrected chi connectivity index (χ1v) is 8.13. The van der Waals surface area contributed by atoms with E-state index in [1.54, 1.807) is 0 Å². The Morgan fingerprint density at radius 3 is 2.11 bits per heavy atom. The van der Waals surface area contributed by atoms with Crippen LogP contribution in [-0.4, -0.2) is 18.9 Å². The normalized spacial score (nSPS) is 12.3. The summed E-state index contributed by atoms with van der Waals surface area (Å²) in [4.78, 5) is 0. The molecule has 0 rings (SSSR count). The van der Waals surface area contributed by atoms with Gasteiger partial charge in [0.1, 0.15) is 0 Å². The molecular weight excluding hydrogens is 236 g/mol. The molecule has 0 aliphatic rings. The van der Waals surface area contributed by atoms with Gasteiger partial charge in [-0.05, 0) is 31.6 Å². The molecule has 0 bridgehead atoms. The molecule has 19 heavy (non-hydrogen) atoms. The van der Waals surface area contributed by atoms with Gasteiger partial charge in [0.05, 0.1) is 5.66 Å². The number of rotatable bonds is 13. The highest BCUT2D eigenvalue weighted by Gasteiger charge is 2.14. The molecule has 3 heteroatoms. The Balaban J connectivity index is 3.11. The number of hydrogen-bond donors (Lipinski definition) is 2. The zero-order valence-electron chi connectivity index (χ0n) is 13.4. The lowest BCUT2D eigenvalue weighted by Gasteiger charge is -2.22. The zero-order chi connectivity index (χ0) is 14.6. The molecule has 0 saturated carbocycles. The van der Waals surface area contributed by atoms with Crippen LogP contribution < -0.4 is 11.5 Å². The van der Waals surface area contributed by atoms with Crippen molar-refractivity contribution >= 4 is 0 Å². The molecule has 0 atom stereocenters. The Labute approximate surface area is 120 Å². The van der Waals surface area contributed by atoms with E-state index in [1.807, 2.05) is 6.92 Å².